The summed E-state index contributed by atoms with van der Waals surface area (Å²) in [6, 6.07) is 14.8. The van der Waals surface area contributed by atoms with Crippen molar-refractivity contribution in [2.24, 2.45) is 5.73 Å². The number of ketones is 1. The second-order valence-corrected chi connectivity index (χ2v) is 4.50. The van der Waals surface area contributed by atoms with E-state index in [2.05, 4.69) is 0 Å². The van der Waals surface area contributed by atoms with Crippen LogP contribution >= 0.6 is 0 Å². The first kappa shape index (κ1) is 14.0. The summed E-state index contributed by atoms with van der Waals surface area (Å²) in [4.78, 5) is 23.3. The van der Waals surface area contributed by atoms with Crippen molar-refractivity contribution in [1.82, 2.24) is 0 Å². The Hall–Kier alpha value is -2.46. The number of hydrogen-bond acceptors (Lipinski definition) is 3. The van der Waals surface area contributed by atoms with E-state index in [1.165, 1.54) is 0 Å². The van der Waals surface area contributed by atoms with Crippen molar-refractivity contribution in [2.45, 2.75) is 12.5 Å². The van der Waals surface area contributed by atoms with Crippen molar-refractivity contribution < 1.29 is 14.7 Å². The number of carbonyl (C=O) groups excluding carboxylic acids is 1. The highest BCUT2D eigenvalue weighted by molar-refractivity contribution is 6.09. The van der Waals surface area contributed by atoms with Crippen LogP contribution in [-0.2, 0) is 11.2 Å². The third-order valence-corrected chi connectivity index (χ3v) is 3.05. The van der Waals surface area contributed by atoms with Crippen molar-refractivity contribution in [1.29, 1.82) is 0 Å². The van der Waals surface area contributed by atoms with Crippen LogP contribution < -0.4 is 5.73 Å². The van der Waals surface area contributed by atoms with E-state index in [0.717, 1.165) is 0 Å². The maximum atomic E-state index is 12.4. The molecule has 102 valence electrons. The van der Waals surface area contributed by atoms with Crippen LogP contribution in [0.4, 0.5) is 0 Å². The number of aliphatic carboxylic acids is 1. The van der Waals surface area contributed by atoms with Gasteiger partial charge in [0.05, 0.1) is 0 Å². The standard InChI is InChI=1S/C16H15NO3/c17-14(16(19)20)10-12-8-4-5-9-13(12)15(18)11-6-2-1-3-7-11/h1-9,14H,10,17H2,(H,19,20)/t14-/m0/s1. The van der Waals surface area contributed by atoms with Crippen LogP contribution in [0, 0.1) is 0 Å². The third-order valence-electron chi connectivity index (χ3n) is 3.05. The molecule has 2 aromatic carbocycles. The number of carbonyl (C=O) groups is 2. The summed E-state index contributed by atoms with van der Waals surface area (Å²) in [6.45, 7) is 0. The SMILES string of the molecule is N[C@@H](Cc1ccccc1C(=O)c1ccccc1)C(=O)O. The molecule has 0 unspecified atom stereocenters. The van der Waals surface area contributed by atoms with Crippen LogP contribution in [0.1, 0.15) is 21.5 Å². The molecule has 4 nitrogen and oxygen atoms in total. The molecule has 0 radical (unpaired) electrons. The lowest BCUT2D eigenvalue weighted by molar-refractivity contribution is -0.138. The molecular weight excluding hydrogens is 254 g/mol. The molecule has 2 rings (SSSR count). The first-order chi connectivity index (χ1) is 9.59. The molecule has 3 N–H and O–H groups in total. The predicted octanol–water partition coefficient (Wildman–Crippen LogP) is 1.87. The average Bonchev–Trinajstić information content (AvgIpc) is 2.48. The van der Waals surface area contributed by atoms with Gasteiger partial charge < -0.3 is 10.8 Å². The summed E-state index contributed by atoms with van der Waals surface area (Å²) < 4.78 is 0. The fourth-order valence-corrected chi connectivity index (χ4v) is 1.99. The van der Waals surface area contributed by atoms with Gasteiger partial charge in [-0.2, -0.15) is 0 Å². The summed E-state index contributed by atoms with van der Waals surface area (Å²) in [5.41, 5.74) is 7.26. The number of rotatable bonds is 5. The summed E-state index contributed by atoms with van der Waals surface area (Å²) >= 11 is 0. The highest BCUT2D eigenvalue weighted by Crippen LogP contribution is 2.16. The molecule has 0 spiro atoms. The van der Waals surface area contributed by atoms with Crippen molar-refractivity contribution in [3.63, 3.8) is 0 Å². The van der Waals surface area contributed by atoms with Crippen molar-refractivity contribution >= 4 is 11.8 Å². The summed E-state index contributed by atoms with van der Waals surface area (Å²) in [5.74, 6) is -1.20. The molecule has 20 heavy (non-hydrogen) atoms. The van der Waals surface area contributed by atoms with Crippen LogP contribution in [0.25, 0.3) is 0 Å². The second kappa shape index (κ2) is 6.12. The van der Waals surface area contributed by atoms with E-state index in [9.17, 15) is 9.59 Å². The quantitative estimate of drug-likeness (QED) is 0.812. The van der Waals surface area contributed by atoms with E-state index >= 15 is 0 Å². The van der Waals surface area contributed by atoms with Gasteiger partial charge in [0, 0.05) is 11.1 Å². The number of nitrogens with two attached hydrogens (primary N) is 1. The van der Waals surface area contributed by atoms with E-state index in [1.54, 1.807) is 48.5 Å². The van der Waals surface area contributed by atoms with Crippen molar-refractivity contribution in [3.8, 4) is 0 Å². The van der Waals surface area contributed by atoms with Gasteiger partial charge in [-0.25, -0.2) is 0 Å². The molecule has 2 aromatic rings. The summed E-state index contributed by atoms with van der Waals surface area (Å²) in [5, 5.41) is 8.88. The Labute approximate surface area is 116 Å². The van der Waals surface area contributed by atoms with E-state index in [-0.39, 0.29) is 12.2 Å². The Morgan fingerprint density at radius 2 is 1.60 bits per heavy atom. The topological polar surface area (TPSA) is 80.4 Å². The summed E-state index contributed by atoms with van der Waals surface area (Å²) in [7, 11) is 0. The zero-order valence-electron chi connectivity index (χ0n) is 10.8. The fourth-order valence-electron chi connectivity index (χ4n) is 1.99. The smallest absolute Gasteiger partial charge is 0.320 e. The average molecular weight is 269 g/mol. The van der Waals surface area contributed by atoms with Gasteiger partial charge in [0.25, 0.3) is 0 Å². The van der Waals surface area contributed by atoms with E-state index < -0.39 is 12.0 Å². The molecule has 0 bridgehead atoms. The van der Waals surface area contributed by atoms with E-state index in [0.29, 0.717) is 16.7 Å². The van der Waals surface area contributed by atoms with Crippen LogP contribution in [0.5, 0.6) is 0 Å². The molecule has 4 heteroatoms. The minimum atomic E-state index is -1.08. The molecule has 1 atom stereocenters. The second-order valence-electron chi connectivity index (χ2n) is 4.50. The fraction of sp³-hybridized carbons (Fsp3) is 0.125. The van der Waals surface area contributed by atoms with Crippen LogP contribution in [0.2, 0.25) is 0 Å². The van der Waals surface area contributed by atoms with Crippen LogP contribution in [0.3, 0.4) is 0 Å². The largest absolute Gasteiger partial charge is 0.480 e. The lowest BCUT2D eigenvalue weighted by Gasteiger charge is -2.11. The Kier molecular flexibility index (Phi) is 4.27. The Morgan fingerprint density at radius 1 is 1.00 bits per heavy atom. The van der Waals surface area contributed by atoms with Crippen molar-refractivity contribution in [2.75, 3.05) is 0 Å². The molecule has 0 aliphatic carbocycles. The first-order valence-corrected chi connectivity index (χ1v) is 6.25. The van der Waals surface area contributed by atoms with Gasteiger partial charge >= 0.3 is 5.97 Å². The van der Waals surface area contributed by atoms with Crippen molar-refractivity contribution in [3.05, 3.63) is 71.3 Å². The lowest BCUT2D eigenvalue weighted by atomic mass is 9.94. The molecule has 0 fully saturated rings. The van der Waals surface area contributed by atoms with Gasteiger partial charge in [-0.3, -0.25) is 9.59 Å². The van der Waals surface area contributed by atoms with Crippen LogP contribution in [0.15, 0.2) is 54.6 Å². The van der Waals surface area contributed by atoms with Gasteiger partial charge in [0.15, 0.2) is 5.78 Å². The third kappa shape index (κ3) is 3.10. The minimum absolute atomic E-state index is 0.126. The molecule has 0 aliphatic heterocycles. The highest BCUT2D eigenvalue weighted by Gasteiger charge is 2.18. The zero-order valence-corrected chi connectivity index (χ0v) is 10.8. The Morgan fingerprint density at radius 3 is 2.25 bits per heavy atom. The Bertz CT molecular complexity index is 623. The molecule has 0 saturated carbocycles. The van der Waals surface area contributed by atoms with E-state index in [1.807, 2.05) is 6.07 Å². The maximum absolute atomic E-state index is 12.4. The molecule has 0 aromatic heterocycles. The lowest BCUT2D eigenvalue weighted by Crippen LogP contribution is -2.32. The molecular formula is C16H15NO3. The molecule has 0 aliphatic rings. The predicted molar refractivity (Wildman–Crippen MR) is 75.6 cm³/mol. The first-order valence-electron chi connectivity index (χ1n) is 6.25. The summed E-state index contributed by atoms with van der Waals surface area (Å²) in [6.07, 6.45) is 0.129. The molecule has 0 saturated heterocycles. The maximum Gasteiger partial charge on any atom is 0.320 e. The van der Waals surface area contributed by atoms with Gasteiger partial charge in [-0.1, -0.05) is 54.6 Å². The number of hydrogen-bond donors (Lipinski definition) is 2. The molecule has 0 heterocycles. The van der Waals surface area contributed by atoms with Gasteiger partial charge in [0.1, 0.15) is 6.04 Å². The number of carboxylic acid groups (broad SMARTS) is 1. The monoisotopic (exact) mass is 269 g/mol. The Balaban J connectivity index is 2.33. The van der Waals surface area contributed by atoms with Gasteiger partial charge in [0.2, 0.25) is 0 Å². The highest BCUT2D eigenvalue weighted by atomic mass is 16.4. The number of benzene rings is 2. The van der Waals surface area contributed by atoms with E-state index in [4.69, 9.17) is 10.8 Å². The number of carboxylic acids is 1. The minimum Gasteiger partial charge on any atom is -0.480 e. The zero-order chi connectivity index (χ0) is 14.5. The normalized spacial score (nSPS) is 11.8. The van der Waals surface area contributed by atoms with Gasteiger partial charge in [-0.15, -0.1) is 0 Å². The van der Waals surface area contributed by atoms with Crippen LogP contribution in [-0.4, -0.2) is 22.9 Å². The van der Waals surface area contributed by atoms with Gasteiger partial charge in [-0.05, 0) is 12.0 Å². The molecule has 0 amide bonds.